The van der Waals surface area contributed by atoms with Crippen molar-refractivity contribution in [2.24, 2.45) is 0 Å². The van der Waals surface area contributed by atoms with Gasteiger partial charge in [-0.3, -0.25) is 4.79 Å². The molecule has 0 spiro atoms. The van der Waals surface area contributed by atoms with Crippen molar-refractivity contribution in [2.75, 3.05) is 18.4 Å². The van der Waals surface area contributed by atoms with Crippen LogP contribution < -0.4 is 5.32 Å². The summed E-state index contributed by atoms with van der Waals surface area (Å²) in [6, 6.07) is 13.9. The van der Waals surface area contributed by atoms with Crippen LogP contribution in [0, 0.1) is 0 Å². The molecule has 3 aliphatic heterocycles. The van der Waals surface area contributed by atoms with E-state index in [0.717, 1.165) is 81.5 Å². The Labute approximate surface area is 268 Å². The third-order valence-corrected chi connectivity index (χ3v) is 10.5. The van der Waals surface area contributed by atoms with Crippen molar-refractivity contribution in [3.8, 4) is 11.3 Å². The minimum Gasteiger partial charge on any atom is -0.373 e. The van der Waals surface area contributed by atoms with Crippen LogP contribution in [-0.4, -0.2) is 58.2 Å². The molecule has 4 aliphatic rings. The van der Waals surface area contributed by atoms with Crippen LogP contribution >= 0.6 is 23.2 Å². The van der Waals surface area contributed by atoms with Gasteiger partial charge in [0.2, 0.25) is 5.91 Å². The predicted octanol–water partition coefficient (Wildman–Crippen LogP) is 8.00. The van der Waals surface area contributed by atoms with Gasteiger partial charge in [-0.05, 0) is 87.1 Å². The second-order valence-electron chi connectivity index (χ2n) is 12.8. The lowest BCUT2D eigenvalue weighted by Gasteiger charge is -2.38. The molecule has 3 atom stereocenters. The van der Waals surface area contributed by atoms with E-state index in [0.29, 0.717) is 39.7 Å². The summed E-state index contributed by atoms with van der Waals surface area (Å²) >= 11 is 13.1. The molecule has 0 radical (unpaired) electrons. The molecular formula is C34H38Cl2N4O4. The van der Waals surface area contributed by atoms with Gasteiger partial charge < -0.3 is 24.4 Å². The molecule has 10 heteroatoms. The smallest absolute Gasteiger partial charge is 0.322 e. The Morgan fingerprint density at radius 1 is 0.955 bits per heavy atom. The zero-order valence-electron chi connectivity index (χ0n) is 24.9. The summed E-state index contributed by atoms with van der Waals surface area (Å²) in [5.74, 6) is 1.78. The highest BCUT2D eigenvalue weighted by molar-refractivity contribution is 6.39. The molecule has 1 aliphatic carbocycles. The molecule has 2 aromatic carbocycles. The van der Waals surface area contributed by atoms with Gasteiger partial charge in [0.05, 0.1) is 22.8 Å². The Bertz CT molecular complexity index is 1510. The minimum absolute atomic E-state index is 0.0369. The third kappa shape index (κ3) is 5.96. The maximum Gasteiger partial charge on any atom is 0.322 e. The maximum absolute atomic E-state index is 13.6. The standard InChI is InChI=1S/C34H38Cl2N4O4/c1-20(41)39-14-12-21(13-15-39)23-4-2-5-24(16-23)37-34(42)40-25-10-11-26(40)18-27(17-25)43-19-28-32(38-44-33(28)22-8-9-22)31-29(35)6-3-7-30(31)36/h2-7,16,21-22,25-27H,8-15,17-19H2,1H3,(H,37,42)/t25-,26?,27?/m0/s1. The first kappa shape index (κ1) is 29.6. The second-order valence-corrected chi connectivity index (χ2v) is 13.6. The van der Waals surface area contributed by atoms with E-state index in [9.17, 15) is 9.59 Å². The van der Waals surface area contributed by atoms with Crippen LogP contribution in [-0.2, 0) is 16.1 Å². The highest BCUT2D eigenvalue weighted by atomic mass is 35.5. The molecule has 44 heavy (non-hydrogen) atoms. The lowest BCUT2D eigenvalue weighted by molar-refractivity contribution is -0.129. The summed E-state index contributed by atoms with van der Waals surface area (Å²) in [5, 5.41) is 8.66. The summed E-state index contributed by atoms with van der Waals surface area (Å²) < 4.78 is 12.4. The van der Waals surface area contributed by atoms with Gasteiger partial charge in [-0.1, -0.05) is 46.6 Å². The fourth-order valence-corrected chi connectivity index (χ4v) is 8.01. The van der Waals surface area contributed by atoms with E-state index < -0.39 is 0 Å². The normalized spacial score (nSPS) is 23.7. The molecule has 7 rings (SSSR count). The van der Waals surface area contributed by atoms with Crippen molar-refractivity contribution in [3.05, 3.63) is 69.4 Å². The molecule has 3 amide bonds. The Morgan fingerprint density at radius 3 is 2.30 bits per heavy atom. The number of nitrogens with zero attached hydrogens (tertiary/aromatic N) is 3. The zero-order chi connectivity index (χ0) is 30.4. The van der Waals surface area contributed by atoms with Gasteiger partial charge >= 0.3 is 6.03 Å². The number of nitrogens with one attached hydrogen (secondary N) is 1. The second kappa shape index (κ2) is 12.4. The monoisotopic (exact) mass is 636 g/mol. The number of hydrogen-bond acceptors (Lipinski definition) is 5. The lowest BCUT2D eigenvalue weighted by atomic mass is 9.89. The quantitative estimate of drug-likeness (QED) is 0.284. The van der Waals surface area contributed by atoms with Gasteiger partial charge in [0.1, 0.15) is 11.5 Å². The number of benzene rings is 2. The number of carbonyl (C=O) groups excluding carboxylic acids is 2. The summed E-state index contributed by atoms with van der Waals surface area (Å²) in [4.78, 5) is 29.2. The first-order chi connectivity index (χ1) is 21.4. The number of halogens is 2. The van der Waals surface area contributed by atoms with Gasteiger partial charge in [-0.25, -0.2) is 4.79 Å². The van der Waals surface area contributed by atoms with Crippen LogP contribution in [0.25, 0.3) is 11.3 Å². The highest BCUT2D eigenvalue weighted by Crippen LogP contribution is 2.46. The molecule has 4 heterocycles. The average Bonchev–Trinajstić information content (AvgIpc) is 3.72. The number of carbonyl (C=O) groups is 2. The Morgan fingerprint density at radius 2 is 1.64 bits per heavy atom. The van der Waals surface area contributed by atoms with Crippen molar-refractivity contribution >= 4 is 40.8 Å². The Balaban J connectivity index is 0.990. The van der Waals surface area contributed by atoms with Gasteiger partial charge in [0, 0.05) is 54.8 Å². The van der Waals surface area contributed by atoms with Crippen LogP contribution in [0.4, 0.5) is 10.5 Å². The molecule has 1 saturated carbocycles. The molecule has 3 saturated heterocycles. The molecule has 3 aromatic rings. The van der Waals surface area contributed by atoms with Crippen LogP contribution in [0.3, 0.4) is 0 Å². The van der Waals surface area contributed by atoms with Crippen molar-refractivity contribution in [1.82, 2.24) is 15.0 Å². The fourth-order valence-electron chi connectivity index (χ4n) is 7.43. The number of amides is 3. The fraction of sp³-hybridized carbons (Fsp3) is 0.500. The minimum atomic E-state index is -0.0369. The highest BCUT2D eigenvalue weighted by Gasteiger charge is 2.44. The number of ether oxygens (including phenoxy) is 1. The molecule has 232 valence electrons. The molecule has 8 nitrogen and oxygen atoms in total. The molecule has 1 N–H and O–H groups in total. The topological polar surface area (TPSA) is 87.9 Å². The van der Waals surface area contributed by atoms with Crippen molar-refractivity contribution in [3.63, 3.8) is 0 Å². The van der Waals surface area contributed by atoms with Crippen LogP contribution in [0.1, 0.15) is 87.0 Å². The van der Waals surface area contributed by atoms with Crippen molar-refractivity contribution in [1.29, 1.82) is 0 Å². The van der Waals surface area contributed by atoms with Gasteiger partial charge in [0.25, 0.3) is 0 Å². The number of hydrogen-bond donors (Lipinski definition) is 1. The van der Waals surface area contributed by atoms with Gasteiger partial charge in [-0.2, -0.15) is 0 Å². The molecule has 1 aromatic heterocycles. The predicted molar refractivity (Wildman–Crippen MR) is 170 cm³/mol. The van der Waals surface area contributed by atoms with Crippen LogP contribution in [0.2, 0.25) is 10.0 Å². The largest absolute Gasteiger partial charge is 0.373 e. The zero-order valence-corrected chi connectivity index (χ0v) is 26.4. The maximum atomic E-state index is 13.6. The van der Waals surface area contributed by atoms with Gasteiger partial charge in [0.15, 0.2) is 0 Å². The first-order valence-corrected chi connectivity index (χ1v) is 16.6. The van der Waals surface area contributed by atoms with E-state index in [-0.39, 0.29) is 30.1 Å². The number of urea groups is 1. The third-order valence-electron chi connectivity index (χ3n) is 9.90. The van der Waals surface area contributed by atoms with Gasteiger partial charge in [-0.15, -0.1) is 0 Å². The molecule has 4 fully saturated rings. The van der Waals surface area contributed by atoms with E-state index in [4.69, 9.17) is 32.5 Å². The van der Waals surface area contributed by atoms with Crippen molar-refractivity contribution in [2.45, 2.75) is 94.9 Å². The van der Waals surface area contributed by atoms with E-state index in [1.807, 2.05) is 40.1 Å². The molecular weight excluding hydrogens is 599 g/mol. The Hall–Kier alpha value is -3.07. The van der Waals surface area contributed by atoms with Crippen molar-refractivity contribution < 1.29 is 18.8 Å². The number of fused-ring (bicyclic) bond motifs is 2. The molecule has 2 bridgehead atoms. The average molecular weight is 638 g/mol. The number of aromatic nitrogens is 1. The van der Waals surface area contributed by atoms with E-state index in [1.54, 1.807) is 6.92 Å². The van der Waals surface area contributed by atoms with E-state index in [2.05, 4.69) is 22.6 Å². The van der Waals surface area contributed by atoms with E-state index >= 15 is 0 Å². The van der Waals surface area contributed by atoms with Crippen LogP contribution in [0.5, 0.6) is 0 Å². The first-order valence-electron chi connectivity index (χ1n) is 15.8. The van der Waals surface area contributed by atoms with E-state index in [1.165, 1.54) is 5.56 Å². The number of piperidine rings is 2. The number of likely N-dealkylation sites (tertiary alicyclic amines) is 1. The SMILES string of the molecule is CC(=O)N1CCC(c2cccc(NC(=O)N3C4CC[C@H]3CC(OCc3c(-c5c(Cl)cccc5Cl)noc3C3CC3)C4)c2)CC1. The summed E-state index contributed by atoms with van der Waals surface area (Å²) in [6.45, 7) is 3.58. The Kier molecular flexibility index (Phi) is 8.33. The summed E-state index contributed by atoms with van der Waals surface area (Å²) in [6.07, 6.45) is 7.64. The summed E-state index contributed by atoms with van der Waals surface area (Å²) in [5.41, 5.74) is 4.32. The lowest BCUT2D eigenvalue weighted by Crippen LogP contribution is -2.50. The number of rotatable bonds is 7. The van der Waals surface area contributed by atoms with Crippen LogP contribution in [0.15, 0.2) is 47.0 Å². The number of anilines is 1. The summed E-state index contributed by atoms with van der Waals surface area (Å²) in [7, 11) is 0. The molecule has 2 unspecified atom stereocenters.